The van der Waals surface area contributed by atoms with Crippen molar-refractivity contribution in [1.82, 2.24) is 5.32 Å². The maximum atomic E-state index is 5.42. The molecular formula is C13H27NO. The van der Waals surface area contributed by atoms with Gasteiger partial charge in [-0.2, -0.15) is 0 Å². The predicted octanol–water partition coefficient (Wildman–Crippen LogP) is 2.97. The molecule has 90 valence electrons. The van der Waals surface area contributed by atoms with Gasteiger partial charge in [0.15, 0.2) is 0 Å². The van der Waals surface area contributed by atoms with E-state index in [2.05, 4.69) is 26.1 Å². The van der Waals surface area contributed by atoms with Gasteiger partial charge in [0.1, 0.15) is 0 Å². The maximum Gasteiger partial charge on any atom is 0.0616 e. The molecule has 1 rings (SSSR count). The van der Waals surface area contributed by atoms with Gasteiger partial charge in [-0.1, -0.05) is 19.3 Å². The van der Waals surface area contributed by atoms with Crippen molar-refractivity contribution in [3.05, 3.63) is 0 Å². The highest BCUT2D eigenvalue weighted by Gasteiger charge is 2.20. The Balaban J connectivity index is 2.17. The molecule has 0 aromatic rings. The second-order valence-electron chi connectivity index (χ2n) is 4.91. The van der Waals surface area contributed by atoms with Gasteiger partial charge in [-0.05, 0) is 39.5 Å². The highest BCUT2D eigenvalue weighted by Crippen LogP contribution is 2.26. The van der Waals surface area contributed by atoms with Gasteiger partial charge in [-0.3, -0.25) is 0 Å². The molecule has 0 aromatic heterocycles. The predicted molar refractivity (Wildman–Crippen MR) is 65.1 cm³/mol. The number of hydrogen-bond donors (Lipinski definition) is 1. The molecule has 0 aliphatic heterocycles. The zero-order chi connectivity index (χ0) is 11.1. The van der Waals surface area contributed by atoms with Crippen molar-refractivity contribution < 1.29 is 4.74 Å². The van der Waals surface area contributed by atoms with Gasteiger partial charge in [0, 0.05) is 18.7 Å². The first-order valence-electron chi connectivity index (χ1n) is 6.57. The zero-order valence-electron chi connectivity index (χ0n) is 10.6. The van der Waals surface area contributed by atoms with Crippen molar-refractivity contribution in [1.29, 1.82) is 0 Å². The molecule has 2 heteroatoms. The first-order chi connectivity index (χ1) is 7.24. The molecule has 0 aromatic carbocycles. The van der Waals surface area contributed by atoms with Gasteiger partial charge >= 0.3 is 0 Å². The SMILES string of the molecule is CCOCC(C)NC(C)C1CCCCC1. The molecule has 0 radical (unpaired) electrons. The normalized spacial score (nSPS) is 22.6. The van der Waals surface area contributed by atoms with Crippen LogP contribution in [0, 0.1) is 5.92 Å². The molecule has 0 saturated heterocycles. The third-order valence-corrected chi connectivity index (χ3v) is 3.48. The van der Waals surface area contributed by atoms with Crippen molar-refractivity contribution in [3.63, 3.8) is 0 Å². The quantitative estimate of drug-likeness (QED) is 0.732. The highest BCUT2D eigenvalue weighted by molar-refractivity contribution is 4.77. The van der Waals surface area contributed by atoms with E-state index < -0.39 is 0 Å². The lowest BCUT2D eigenvalue weighted by Gasteiger charge is -2.30. The third kappa shape index (κ3) is 4.98. The Morgan fingerprint density at radius 2 is 1.87 bits per heavy atom. The van der Waals surface area contributed by atoms with E-state index in [1.165, 1.54) is 32.1 Å². The van der Waals surface area contributed by atoms with E-state index >= 15 is 0 Å². The first kappa shape index (κ1) is 13.0. The number of nitrogens with one attached hydrogen (secondary N) is 1. The number of hydrogen-bond acceptors (Lipinski definition) is 2. The first-order valence-corrected chi connectivity index (χ1v) is 6.57. The van der Waals surface area contributed by atoms with Crippen LogP contribution < -0.4 is 5.32 Å². The fourth-order valence-corrected chi connectivity index (χ4v) is 2.56. The summed E-state index contributed by atoms with van der Waals surface area (Å²) in [5, 5.41) is 3.66. The van der Waals surface area contributed by atoms with E-state index in [1.54, 1.807) is 0 Å². The van der Waals surface area contributed by atoms with E-state index in [9.17, 15) is 0 Å². The summed E-state index contributed by atoms with van der Waals surface area (Å²) in [6, 6.07) is 1.14. The smallest absolute Gasteiger partial charge is 0.0616 e. The summed E-state index contributed by atoms with van der Waals surface area (Å²) in [4.78, 5) is 0. The van der Waals surface area contributed by atoms with Crippen molar-refractivity contribution >= 4 is 0 Å². The van der Waals surface area contributed by atoms with Crippen LogP contribution in [0.3, 0.4) is 0 Å². The van der Waals surface area contributed by atoms with Crippen LogP contribution in [0.4, 0.5) is 0 Å². The van der Waals surface area contributed by atoms with Gasteiger partial charge < -0.3 is 10.1 Å². The second-order valence-corrected chi connectivity index (χ2v) is 4.91. The molecule has 2 atom stereocenters. The Morgan fingerprint density at radius 1 is 1.20 bits per heavy atom. The van der Waals surface area contributed by atoms with Crippen LogP contribution in [-0.4, -0.2) is 25.3 Å². The Morgan fingerprint density at radius 3 is 2.47 bits per heavy atom. The van der Waals surface area contributed by atoms with Crippen LogP contribution in [-0.2, 0) is 4.74 Å². The van der Waals surface area contributed by atoms with Crippen molar-refractivity contribution in [2.75, 3.05) is 13.2 Å². The minimum atomic E-state index is 0.488. The molecule has 2 nitrogen and oxygen atoms in total. The van der Waals surface area contributed by atoms with E-state index in [1.807, 2.05) is 0 Å². The molecule has 0 amide bonds. The largest absolute Gasteiger partial charge is 0.380 e. The van der Waals surface area contributed by atoms with E-state index in [0.717, 1.165) is 19.1 Å². The lowest BCUT2D eigenvalue weighted by atomic mass is 9.84. The van der Waals surface area contributed by atoms with Gasteiger partial charge in [0.2, 0.25) is 0 Å². The lowest BCUT2D eigenvalue weighted by molar-refractivity contribution is 0.118. The van der Waals surface area contributed by atoms with Crippen LogP contribution in [0.2, 0.25) is 0 Å². The minimum Gasteiger partial charge on any atom is -0.380 e. The lowest BCUT2D eigenvalue weighted by Crippen LogP contribution is -2.42. The fraction of sp³-hybridized carbons (Fsp3) is 1.00. The molecular weight excluding hydrogens is 186 g/mol. The summed E-state index contributed by atoms with van der Waals surface area (Å²) in [5.74, 6) is 0.892. The third-order valence-electron chi connectivity index (χ3n) is 3.48. The van der Waals surface area contributed by atoms with Gasteiger partial charge in [0.25, 0.3) is 0 Å². The molecule has 0 heterocycles. The number of ether oxygens (including phenoxy) is 1. The van der Waals surface area contributed by atoms with Crippen LogP contribution >= 0.6 is 0 Å². The maximum absolute atomic E-state index is 5.42. The summed E-state index contributed by atoms with van der Waals surface area (Å²) in [6.45, 7) is 8.27. The van der Waals surface area contributed by atoms with Crippen molar-refractivity contribution in [3.8, 4) is 0 Å². The fourth-order valence-electron chi connectivity index (χ4n) is 2.56. The molecule has 1 N–H and O–H groups in total. The molecule has 0 bridgehead atoms. The molecule has 2 unspecified atom stereocenters. The van der Waals surface area contributed by atoms with Gasteiger partial charge in [-0.15, -0.1) is 0 Å². The number of rotatable bonds is 6. The Bertz CT molecular complexity index is 155. The molecule has 1 aliphatic carbocycles. The monoisotopic (exact) mass is 213 g/mol. The summed E-state index contributed by atoms with van der Waals surface area (Å²) >= 11 is 0. The Hall–Kier alpha value is -0.0800. The topological polar surface area (TPSA) is 21.3 Å². The van der Waals surface area contributed by atoms with E-state index in [4.69, 9.17) is 4.74 Å². The summed E-state index contributed by atoms with van der Waals surface area (Å²) in [5.41, 5.74) is 0. The Kier molecular flexibility index (Phi) is 6.26. The van der Waals surface area contributed by atoms with Crippen LogP contribution in [0.25, 0.3) is 0 Å². The standard InChI is InChI=1S/C13H27NO/c1-4-15-10-11(2)14-12(3)13-8-6-5-7-9-13/h11-14H,4-10H2,1-3H3. The Labute approximate surface area is 94.8 Å². The minimum absolute atomic E-state index is 0.488. The molecule has 1 fully saturated rings. The van der Waals surface area contributed by atoms with Crippen LogP contribution in [0.1, 0.15) is 52.9 Å². The summed E-state index contributed by atoms with van der Waals surface area (Å²) < 4.78 is 5.42. The summed E-state index contributed by atoms with van der Waals surface area (Å²) in [7, 11) is 0. The van der Waals surface area contributed by atoms with Crippen LogP contribution in [0.15, 0.2) is 0 Å². The van der Waals surface area contributed by atoms with E-state index in [0.29, 0.717) is 12.1 Å². The molecule has 1 aliphatic rings. The zero-order valence-corrected chi connectivity index (χ0v) is 10.6. The second kappa shape index (κ2) is 7.24. The van der Waals surface area contributed by atoms with Gasteiger partial charge in [0.05, 0.1) is 6.61 Å². The summed E-state index contributed by atoms with van der Waals surface area (Å²) in [6.07, 6.45) is 7.12. The van der Waals surface area contributed by atoms with E-state index in [-0.39, 0.29) is 0 Å². The van der Waals surface area contributed by atoms with Crippen molar-refractivity contribution in [2.24, 2.45) is 5.92 Å². The average Bonchev–Trinajstić information content (AvgIpc) is 2.27. The molecule has 15 heavy (non-hydrogen) atoms. The highest BCUT2D eigenvalue weighted by atomic mass is 16.5. The molecule has 0 spiro atoms. The van der Waals surface area contributed by atoms with Gasteiger partial charge in [-0.25, -0.2) is 0 Å². The average molecular weight is 213 g/mol. The van der Waals surface area contributed by atoms with Crippen molar-refractivity contribution in [2.45, 2.75) is 65.0 Å². The molecule has 1 saturated carbocycles. The van der Waals surface area contributed by atoms with Crippen LogP contribution in [0.5, 0.6) is 0 Å².